The van der Waals surface area contributed by atoms with E-state index in [1.165, 1.54) is 12.3 Å². The predicted molar refractivity (Wildman–Crippen MR) is 65.4 cm³/mol. The monoisotopic (exact) mass is 304 g/mol. The van der Waals surface area contributed by atoms with E-state index in [1.807, 2.05) is 0 Å². The minimum atomic E-state index is -4.84. The molecule has 1 aromatic heterocycles. The van der Waals surface area contributed by atoms with Crippen LogP contribution in [-0.2, 0) is 0 Å². The van der Waals surface area contributed by atoms with Crippen LogP contribution in [0.3, 0.4) is 0 Å². The number of alkyl halides is 3. The van der Waals surface area contributed by atoms with E-state index in [2.05, 4.69) is 19.6 Å². The molecule has 0 saturated carbocycles. The number of nitrogen functional groups attached to an aromatic ring is 1. The fourth-order valence-corrected chi connectivity index (χ4v) is 1.73. The molecule has 1 aromatic carbocycles. The van der Waals surface area contributed by atoms with Crippen LogP contribution in [0.1, 0.15) is 10.4 Å². The maximum absolute atomic E-state index is 12.1. The molecule has 0 fully saturated rings. The van der Waals surface area contributed by atoms with E-state index in [1.54, 1.807) is 0 Å². The zero-order valence-electron chi connectivity index (χ0n) is 9.64. The lowest BCUT2D eigenvalue weighted by molar-refractivity contribution is -0.274. The molecule has 0 saturated heterocycles. The molecule has 6 nitrogen and oxygen atoms in total. The smallest absolute Gasteiger partial charge is 0.404 e. The van der Waals surface area contributed by atoms with E-state index in [0.29, 0.717) is 5.00 Å². The van der Waals surface area contributed by atoms with Crippen molar-refractivity contribution in [1.29, 1.82) is 0 Å². The summed E-state index contributed by atoms with van der Waals surface area (Å²) in [5.41, 5.74) is 5.21. The number of amides is 1. The number of aromatic nitrogens is 2. The third-order valence-corrected chi connectivity index (χ3v) is 2.68. The Morgan fingerprint density at radius 1 is 1.40 bits per heavy atom. The van der Waals surface area contributed by atoms with Crippen molar-refractivity contribution in [3.63, 3.8) is 0 Å². The molecule has 0 aliphatic heterocycles. The molecule has 2 rings (SSSR count). The molecule has 106 valence electrons. The first-order valence-electron chi connectivity index (χ1n) is 5.09. The molecule has 1 amide bonds. The number of benzene rings is 1. The molecule has 2 aromatic rings. The van der Waals surface area contributed by atoms with Crippen LogP contribution in [0, 0.1) is 0 Å². The van der Waals surface area contributed by atoms with Gasteiger partial charge in [0.05, 0.1) is 11.9 Å². The number of carbonyl (C=O) groups excluding carboxylic acids is 1. The number of nitrogens with two attached hydrogens (primary N) is 1. The van der Waals surface area contributed by atoms with Crippen molar-refractivity contribution in [2.75, 3.05) is 11.1 Å². The van der Waals surface area contributed by atoms with E-state index < -0.39 is 18.0 Å². The van der Waals surface area contributed by atoms with Gasteiger partial charge in [-0.25, -0.2) is 0 Å². The van der Waals surface area contributed by atoms with Gasteiger partial charge in [-0.1, -0.05) is 4.49 Å². The molecule has 0 aliphatic carbocycles. The van der Waals surface area contributed by atoms with E-state index in [-0.39, 0.29) is 11.3 Å². The van der Waals surface area contributed by atoms with Gasteiger partial charge in [-0.2, -0.15) is 0 Å². The van der Waals surface area contributed by atoms with E-state index in [4.69, 9.17) is 5.73 Å². The predicted octanol–water partition coefficient (Wildman–Crippen LogP) is 2.27. The number of anilines is 2. The Labute approximate surface area is 114 Å². The average molecular weight is 304 g/mol. The summed E-state index contributed by atoms with van der Waals surface area (Å²) >= 11 is 0.963. The minimum absolute atomic E-state index is 0.0884. The van der Waals surface area contributed by atoms with E-state index in [0.717, 1.165) is 23.7 Å². The van der Waals surface area contributed by atoms with E-state index in [9.17, 15) is 18.0 Å². The molecule has 1 heterocycles. The van der Waals surface area contributed by atoms with Crippen molar-refractivity contribution in [1.82, 2.24) is 9.59 Å². The van der Waals surface area contributed by atoms with Crippen LogP contribution < -0.4 is 15.8 Å². The van der Waals surface area contributed by atoms with Gasteiger partial charge >= 0.3 is 6.36 Å². The van der Waals surface area contributed by atoms with Gasteiger partial charge in [0.25, 0.3) is 5.91 Å². The summed E-state index contributed by atoms with van der Waals surface area (Å²) in [6.07, 6.45) is -3.50. The summed E-state index contributed by atoms with van der Waals surface area (Å²) in [5.74, 6) is -1.10. The summed E-state index contributed by atoms with van der Waals surface area (Å²) in [5, 5.41) is 6.40. The maximum atomic E-state index is 12.1. The number of nitrogens with one attached hydrogen (secondary N) is 1. The highest BCUT2D eigenvalue weighted by molar-refractivity contribution is 7.10. The number of hydrogen-bond donors (Lipinski definition) is 2. The van der Waals surface area contributed by atoms with Gasteiger partial charge in [0.1, 0.15) is 5.00 Å². The molecule has 0 spiro atoms. The molecular weight excluding hydrogens is 297 g/mol. The van der Waals surface area contributed by atoms with Crippen molar-refractivity contribution in [3.05, 3.63) is 30.0 Å². The van der Waals surface area contributed by atoms with Crippen LogP contribution in [0.15, 0.2) is 24.4 Å². The van der Waals surface area contributed by atoms with Gasteiger partial charge < -0.3 is 15.8 Å². The largest absolute Gasteiger partial charge is 0.573 e. The Hall–Kier alpha value is -2.36. The first-order valence-corrected chi connectivity index (χ1v) is 5.86. The van der Waals surface area contributed by atoms with Crippen LogP contribution in [-0.4, -0.2) is 21.9 Å². The number of hydrogen-bond acceptors (Lipinski definition) is 6. The zero-order valence-corrected chi connectivity index (χ0v) is 10.5. The molecule has 0 aliphatic rings. The lowest BCUT2D eigenvalue weighted by Gasteiger charge is -2.11. The third kappa shape index (κ3) is 3.57. The summed E-state index contributed by atoms with van der Waals surface area (Å²) < 4.78 is 43.4. The molecular formula is C10H7F3N4O2S. The Balaban J connectivity index is 2.14. The summed E-state index contributed by atoms with van der Waals surface area (Å²) in [6, 6.07) is 3.23. The molecule has 0 radical (unpaired) electrons. The van der Waals surface area contributed by atoms with Gasteiger partial charge in [-0.3, -0.25) is 4.79 Å². The standard InChI is InChI=1S/C10H7F3N4O2S/c11-10(12,13)19-7-2-1-5(3-6(7)14)9(18)16-8-4-15-17-20-8/h1-4H,14H2,(H,16,18). The van der Waals surface area contributed by atoms with Gasteiger partial charge in [-0.15, -0.1) is 18.3 Å². The second-order valence-corrected chi connectivity index (χ2v) is 4.32. The van der Waals surface area contributed by atoms with Crippen molar-refractivity contribution in [2.24, 2.45) is 0 Å². The second-order valence-electron chi connectivity index (χ2n) is 3.54. The Morgan fingerprint density at radius 2 is 2.15 bits per heavy atom. The van der Waals surface area contributed by atoms with Crippen molar-refractivity contribution in [3.8, 4) is 5.75 Å². The minimum Gasteiger partial charge on any atom is -0.404 e. The maximum Gasteiger partial charge on any atom is 0.573 e. The van der Waals surface area contributed by atoms with Crippen LogP contribution in [0.2, 0.25) is 0 Å². The highest BCUT2D eigenvalue weighted by Crippen LogP contribution is 2.29. The first kappa shape index (κ1) is 14.1. The van der Waals surface area contributed by atoms with Gasteiger partial charge in [-0.05, 0) is 18.2 Å². The van der Waals surface area contributed by atoms with Gasteiger partial charge in [0.15, 0.2) is 5.75 Å². The second kappa shape index (κ2) is 5.33. The van der Waals surface area contributed by atoms with Gasteiger partial charge in [0, 0.05) is 17.1 Å². The average Bonchev–Trinajstić information content (AvgIpc) is 2.83. The number of rotatable bonds is 3. The SMILES string of the molecule is Nc1cc(C(=O)Nc2cnns2)ccc1OC(F)(F)F. The Kier molecular flexibility index (Phi) is 3.74. The summed E-state index contributed by atoms with van der Waals surface area (Å²) in [6.45, 7) is 0. The molecule has 20 heavy (non-hydrogen) atoms. The molecule has 0 atom stereocenters. The topological polar surface area (TPSA) is 90.1 Å². The fraction of sp³-hybridized carbons (Fsp3) is 0.100. The fourth-order valence-electron chi connectivity index (χ4n) is 1.31. The first-order chi connectivity index (χ1) is 9.35. The zero-order chi connectivity index (χ0) is 14.8. The van der Waals surface area contributed by atoms with Crippen molar-refractivity contribution in [2.45, 2.75) is 6.36 Å². The molecule has 0 unspecified atom stereocenters. The summed E-state index contributed by atoms with van der Waals surface area (Å²) in [4.78, 5) is 11.8. The van der Waals surface area contributed by atoms with Crippen LogP contribution in [0.4, 0.5) is 23.9 Å². The van der Waals surface area contributed by atoms with Crippen LogP contribution in [0.5, 0.6) is 5.75 Å². The number of ether oxygens (including phenoxy) is 1. The Morgan fingerprint density at radius 3 is 2.70 bits per heavy atom. The summed E-state index contributed by atoms with van der Waals surface area (Å²) in [7, 11) is 0. The van der Waals surface area contributed by atoms with Crippen LogP contribution >= 0.6 is 11.5 Å². The highest BCUT2D eigenvalue weighted by Gasteiger charge is 2.32. The van der Waals surface area contributed by atoms with Crippen LogP contribution in [0.25, 0.3) is 0 Å². The highest BCUT2D eigenvalue weighted by atomic mass is 32.1. The molecule has 10 heteroatoms. The third-order valence-electron chi connectivity index (χ3n) is 2.10. The van der Waals surface area contributed by atoms with Crippen molar-refractivity contribution < 1.29 is 22.7 Å². The van der Waals surface area contributed by atoms with Crippen molar-refractivity contribution >= 4 is 28.1 Å². The number of nitrogens with zero attached hydrogens (tertiary/aromatic N) is 2. The number of halogens is 3. The molecule has 3 N–H and O–H groups in total. The Bertz CT molecular complexity index is 615. The lowest BCUT2D eigenvalue weighted by atomic mass is 10.2. The number of carbonyl (C=O) groups is 1. The molecule has 0 bridgehead atoms. The normalized spacial score (nSPS) is 11.2. The van der Waals surface area contributed by atoms with E-state index >= 15 is 0 Å². The quantitative estimate of drug-likeness (QED) is 0.849. The van der Waals surface area contributed by atoms with Gasteiger partial charge in [0.2, 0.25) is 0 Å². The lowest BCUT2D eigenvalue weighted by Crippen LogP contribution is -2.18.